The molecule has 1 amide bonds. The molecule has 2 saturated heterocycles. The third-order valence-electron chi connectivity index (χ3n) is 4.25. The van der Waals surface area contributed by atoms with Crippen LogP contribution in [0.25, 0.3) is 0 Å². The molecule has 1 atom stereocenters. The Morgan fingerprint density at radius 2 is 2.06 bits per heavy atom. The molecule has 0 spiro atoms. The van der Waals surface area contributed by atoms with Crippen molar-refractivity contribution in [2.75, 3.05) is 39.5 Å². The van der Waals surface area contributed by atoms with E-state index in [0.717, 1.165) is 19.3 Å². The third kappa shape index (κ3) is 2.53. The Kier molecular flexibility index (Phi) is 4.59. The van der Waals surface area contributed by atoms with Crippen LogP contribution in [0, 0.1) is 5.41 Å². The quantitative estimate of drug-likeness (QED) is 0.793. The van der Waals surface area contributed by atoms with E-state index in [4.69, 9.17) is 15.2 Å². The highest BCUT2D eigenvalue weighted by Gasteiger charge is 2.43. The smallest absolute Gasteiger partial charge is 0.230 e. The van der Waals surface area contributed by atoms with Gasteiger partial charge in [0.05, 0.1) is 24.7 Å². The van der Waals surface area contributed by atoms with Gasteiger partial charge in [-0.1, -0.05) is 6.92 Å². The largest absolute Gasteiger partial charge is 0.381 e. The number of carbonyl (C=O) groups excluding carboxylic acids is 1. The normalized spacial score (nSPS) is 28.1. The number of hydrogen-bond donors (Lipinski definition) is 1. The van der Waals surface area contributed by atoms with E-state index in [0.29, 0.717) is 39.5 Å². The molecule has 2 N–H and O–H groups in total. The fourth-order valence-corrected chi connectivity index (χ4v) is 2.83. The molecule has 1 unspecified atom stereocenters. The number of hydrogen-bond acceptors (Lipinski definition) is 4. The predicted octanol–water partition coefficient (Wildman–Crippen LogP) is 0.379. The second-order valence-electron chi connectivity index (χ2n) is 5.23. The van der Waals surface area contributed by atoms with E-state index >= 15 is 0 Å². The Morgan fingerprint density at radius 3 is 2.67 bits per heavy atom. The maximum atomic E-state index is 12.8. The summed E-state index contributed by atoms with van der Waals surface area (Å²) in [4.78, 5) is 14.8. The summed E-state index contributed by atoms with van der Waals surface area (Å²) >= 11 is 0. The molecule has 0 aliphatic carbocycles. The average molecular weight is 256 g/mol. The number of nitrogens with zero attached hydrogens (tertiary/aromatic N) is 1. The molecule has 2 heterocycles. The van der Waals surface area contributed by atoms with Crippen LogP contribution in [0.1, 0.15) is 26.2 Å². The van der Waals surface area contributed by atoms with Crippen molar-refractivity contribution in [3.63, 3.8) is 0 Å². The van der Waals surface area contributed by atoms with Crippen LogP contribution in [0.5, 0.6) is 0 Å². The molecule has 0 aromatic carbocycles. The lowest BCUT2D eigenvalue weighted by molar-refractivity contribution is -0.156. The molecular formula is C13H24N2O3. The number of carbonyl (C=O) groups is 1. The van der Waals surface area contributed by atoms with Crippen molar-refractivity contribution in [1.29, 1.82) is 0 Å². The Labute approximate surface area is 109 Å². The third-order valence-corrected chi connectivity index (χ3v) is 4.25. The van der Waals surface area contributed by atoms with Gasteiger partial charge in [-0.25, -0.2) is 0 Å². The minimum Gasteiger partial charge on any atom is -0.381 e. The summed E-state index contributed by atoms with van der Waals surface area (Å²) in [7, 11) is 0. The predicted molar refractivity (Wildman–Crippen MR) is 68.2 cm³/mol. The molecule has 0 bridgehead atoms. The molecule has 0 saturated carbocycles. The highest BCUT2D eigenvalue weighted by Crippen LogP contribution is 2.33. The molecule has 0 aromatic rings. The van der Waals surface area contributed by atoms with Crippen LogP contribution in [0.2, 0.25) is 0 Å². The molecule has 5 heteroatoms. The van der Waals surface area contributed by atoms with E-state index < -0.39 is 5.41 Å². The highest BCUT2D eigenvalue weighted by molar-refractivity contribution is 5.83. The monoisotopic (exact) mass is 256 g/mol. The van der Waals surface area contributed by atoms with Crippen molar-refractivity contribution in [3.05, 3.63) is 0 Å². The molecule has 5 nitrogen and oxygen atoms in total. The van der Waals surface area contributed by atoms with E-state index in [1.54, 1.807) is 0 Å². The zero-order valence-electron chi connectivity index (χ0n) is 11.2. The summed E-state index contributed by atoms with van der Waals surface area (Å²) in [6.07, 6.45) is 2.43. The molecule has 2 aliphatic heterocycles. The second-order valence-corrected chi connectivity index (χ2v) is 5.23. The fourth-order valence-electron chi connectivity index (χ4n) is 2.83. The molecule has 0 aromatic heterocycles. The zero-order valence-corrected chi connectivity index (χ0v) is 11.2. The van der Waals surface area contributed by atoms with Crippen LogP contribution < -0.4 is 5.73 Å². The van der Waals surface area contributed by atoms with E-state index in [9.17, 15) is 4.79 Å². The van der Waals surface area contributed by atoms with Gasteiger partial charge in [0, 0.05) is 26.3 Å². The minimum atomic E-state index is -0.400. The van der Waals surface area contributed by atoms with Gasteiger partial charge >= 0.3 is 0 Å². The second kappa shape index (κ2) is 5.99. The number of rotatable bonds is 3. The summed E-state index contributed by atoms with van der Waals surface area (Å²) in [5, 5.41) is 0. The summed E-state index contributed by atoms with van der Waals surface area (Å²) in [6, 6.07) is 0.206. The van der Waals surface area contributed by atoms with Crippen LogP contribution in [0.3, 0.4) is 0 Å². The van der Waals surface area contributed by atoms with E-state index in [1.165, 1.54) is 0 Å². The molecule has 2 rings (SSSR count). The van der Waals surface area contributed by atoms with Gasteiger partial charge in [-0.3, -0.25) is 4.79 Å². The number of morpholine rings is 1. The summed E-state index contributed by atoms with van der Waals surface area (Å²) in [5.74, 6) is 0.212. The Morgan fingerprint density at radius 1 is 1.33 bits per heavy atom. The van der Waals surface area contributed by atoms with Gasteiger partial charge in [0.2, 0.25) is 5.91 Å². The average Bonchev–Trinajstić information content (AvgIpc) is 2.47. The van der Waals surface area contributed by atoms with Crippen molar-refractivity contribution < 1.29 is 14.3 Å². The van der Waals surface area contributed by atoms with Crippen molar-refractivity contribution in [2.24, 2.45) is 11.1 Å². The molecular weight excluding hydrogens is 232 g/mol. The maximum absolute atomic E-state index is 12.8. The number of amides is 1. The van der Waals surface area contributed by atoms with Gasteiger partial charge in [0.15, 0.2) is 0 Å². The van der Waals surface area contributed by atoms with Crippen LogP contribution in [0.4, 0.5) is 0 Å². The topological polar surface area (TPSA) is 64.8 Å². The molecule has 104 valence electrons. The van der Waals surface area contributed by atoms with E-state index in [1.807, 2.05) is 4.90 Å². The highest BCUT2D eigenvalue weighted by atomic mass is 16.5. The van der Waals surface area contributed by atoms with Crippen LogP contribution in [0.15, 0.2) is 0 Å². The van der Waals surface area contributed by atoms with Crippen LogP contribution >= 0.6 is 0 Å². The Bertz CT molecular complexity index is 290. The Hall–Kier alpha value is -0.650. The first kappa shape index (κ1) is 13.8. The number of nitrogens with two attached hydrogens (primary N) is 1. The van der Waals surface area contributed by atoms with Gasteiger partial charge in [0.25, 0.3) is 0 Å². The van der Waals surface area contributed by atoms with Gasteiger partial charge in [0.1, 0.15) is 0 Å². The minimum absolute atomic E-state index is 0.206. The lowest BCUT2D eigenvalue weighted by Gasteiger charge is -2.43. The Balaban J connectivity index is 2.11. The van der Waals surface area contributed by atoms with Crippen molar-refractivity contribution in [3.8, 4) is 0 Å². The zero-order chi connectivity index (χ0) is 13.0. The van der Waals surface area contributed by atoms with Gasteiger partial charge in [-0.15, -0.1) is 0 Å². The van der Waals surface area contributed by atoms with Gasteiger partial charge in [-0.05, 0) is 19.3 Å². The SMILES string of the molecule is CCC1COCCN1C(=O)C1(CN)CCOCC1. The van der Waals surface area contributed by atoms with Crippen molar-refractivity contribution in [1.82, 2.24) is 4.90 Å². The molecule has 2 aliphatic rings. The molecule has 18 heavy (non-hydrogen) atoms. The first-order valence-corrected chi connectivity index (χ1v) is 6.90. The van der Waals surface area contributed by atoms with Crippen LogP contribution in [-0.4, -0.2) is 56.4 Å². The summed E-state index contributed by atoms with van der Waals surface area (Å²) in [6.45, 7) is 5.79. The van der Waals surface area contributed by atoms with Crippen molar-refractivity contribution in [2.45, 2.75) is 32.2 Å². The number of ether oxygens (including phenoxy) is 2. The van der Waals surface area contributed by atoms with Gasteiger partial charge in [-0.2, -0.15) is 0 Å². The summed E-state index contributed by atoms with van der Waals surface area (Å²) < 4.78 is 10.8. The van der Waals surface area contributed by atoms with Crippen LogP contribution in [-0.2, 0) is 14.3 Å². The molecule has 0 radical (unpaired) electrons. The lowest BCUT2D eigenvalue weighted by atomic mass is 9.78. The first-order chi connectivity index (χ1) is 8.73. The molecule has 2 fully saturated rings. The first-order valence-electron chi connectivity index (χ1n) is 6.90. The maximum Gasteiger partial charge on any atom is 0.230 e. The summed E-state index contributed by atoms with van der Waals surface area (Å²) in [5.41, 5.74) is 5.50. The lowest BCUT2D eigenvalue weighted by Crippen LogP contribution is -2.57. The fraction of sp³-hybridized carbons (Fsp3) is 0.923. The van der Waals surface area contributed by atoms with Crippen molar-refractivity contribution >= 4 is 5.91 Å². The van der Waals surface area contributed by atoms with Gasteiger partial charge < -0.3 is 20.1 Å². The van der Waals surface area contributed by atoms with E-state index in [2.05, 4.69) is 6.92 Å². The van der Waals surface area contributed by atoms with E-state index in [-0.39, 0.29) is 11.9 Å². The standard InChI is InChI=1S/C13H24N2O3/c1-2-11-9-18-8-5-15(11)12(16)13(10-14)3-6-17-7-4-13/h11H,2-10,14H2,1H3.